The minimum atomic E-state index is -0.185. The number of nitrogens with one attached hydrogen (secondary N) is 2. The summed E-state index contributed by atoms with van der Waals surface area (Å²) < 4.78 is 5.60. The molecule has 0 atom stereocenters. The van der Waals surface area contributed by atoms with Crippen molar-refractivity contribution in [3.05, 3.63) is 24.3 Å². The molecule has 1 aromatic rings. The third-order valence-corrected chi connectivity index (χ3v) is 5.26. The fourth-order valence-electron chi connectivity index (χ4n) is 3.62. The van der Waals surface area contributed by atoms with Crippen LogP contribution in [0.1, 0.15) is 45.4 Å². The van der Waals surface area contributed by atoms with Crippen LogP contribution in [0.4, 0.5) is 10.5 Å². The van der Waals surface area contributed by atoms with E-state index in [9.17, 15) is 9.59 Å². The second-order valence-corrected chi connectivity index (χ2v) is 7.46. The molecule has 6 nitrogen and oxygen atoms in total. The fourth-order valence-corrected chi connectivity index (χ4v) is 3.62. The summed E-state index contributed by atoms with van der Waals surface area (Å²) in [6.07, 6.45) is 6.55. The number of urea groups is 1. The Kier molecular flexibility index (Phi) is 6.36. The molecule has 1 heterocycles. The predicted octanol–water partition coefficient (Wildman–Crippen LogP) is 3.39. The number of carbonyl (C=O) groups excluding carboxylic acids is 2. The van der Waals surface area contributed by atoms with E-state index in [1.165, 1.54) is 12.8 Å². The molecule has 26 heavy (non-hydrogen) atoms. The predicted molar refractivity (Wildman–Crippen MR) is 101 cm³/mol. The lowest BCUT2D eigenvalue weighted by Gasteiger charge is -2.26. The van der Waals surface area contributed by atoms with Crippen molar-refractivity contribution in [3.63, 3.8) is 0 Å². The molecule has 1 saturated heterocycles. The Hall–Kier alpha value is -2.24. The first kappa shape index (κ1) is 18.5. The quantitative estimate of drug-likeness (QED) is 0.846. The third-order valence-electron chi connectivity index (χ3n) is 5.26. The zero-order valence-electron chi connectivity index (χ0n) is 15.5. The first-order chi connectivity index (χ1) is 12.6. The SMILES string of the molecule is CC1CCC(NC(=O)Nc2cccc(OCC(=O)N3CCCC3)c2)CC1. The van der Waals surface area contributed by atoms with Gasteiger partial charge < -0.3 is 20.3 Å². The van der Waals surface area contributed by atoms with Crippen LogP contribution < -0.4 is 15.4 Å². The smallest absolute Gasteiger partial charge is 0.319 e. The average Bonchev–Trinajstić information content (AvgIpc) is 3.17. The van der Waals surface area contributed by atoms with Crippen molar-refractivity contribution in [2.24, 2.45) is 5.92 Å². The van der Waals surface area contributed by atoms with Crippen molar-refractivity contribution in [1.82, 2.24) is 10.2 Å². The maximum atomic E-state index is 12.2. The second-order valence-electron chi connectivity index (χ2n) is 7.46. The molecule has 6 heteroatoms. The highest BCUT2D eigenvalue weighted by Crippen LogP contribution is 2.23. The maximum absolute atomic E-state index is 12.2. The number of hydrogen-bond donors (Lipinski definition) is 2. The summed E-state index contributed by atoms with van der Waals surface area (Å²) in [5, 5.41) is 5.90. The molecule has 1 saturated carbocycles. The molecule has 1 aliphatic carbocycles. The maximum Gasteiger partial charge on any atom is 0.319 e. The first-order valence-electron chi connectivity index (χ1n) is 9.68. The van der Waals surface area contributed by atoms with Gasteiger partial charge in [-0.3, -0.25) is 4.79 Å². The normalized spacial score (nSPS) is 22.7. The molecular formula is C20H29N3O3. The van der Waals surface area contributed by atoms with Gasteiger partial charge in [0.2, 0.25) is 0 Å². The van der Waals surface area contributed by atoms with Gasteiger partial charge in [-0.05, 0) is 56.6 Å². The molecule has 2 aliphatic rings. The number of carbonyl (C=O) groups is 2. The molecule has 0 radical (unpaired) electrons. The molecule has 3 amide bonds. The molecule has 0 bridgehead atoms. The molecule has 1 aromatic carbocycles. The van der Waals surface area contributed by atoms with Crippen LogP contribution in [0.5, 0.6) is 5.75 Å². The monoisotopic (exact) mass is 359 g/mol. The summed E-state index contributed by atoms with van der Waals surface area (Å²) in [6.45, 7) is 3.94. The summed E-state index contributed by atoms with van der Waals surface area (Å²) in [4.78, 5) is 26.1. The lowest BCUT2D eigenvalue weighted by molar-refractivity contribution is -0.132. The van der Waals surface area contributed by atoms with Crippen molar-refractivity contribution in [3.8, 4) is 5.75 Å². The zero-order chi connectivity index (χ0) is 18.4. The van der Waals surface area contributed by atoms with Crippen molar-refractivity contribution < 1.29 is 14.3 Å². The van der Waals surface area contributed by atoms with Gasteiger partial charge in [0.25, 0.3) is 5.91 Å². The number of rotatable bonds is 5. The van der Waals surface area contributed by atoms with Crippen molar-refractivity contribution in [2.75, 3.05) is 25.0 Å². The lowest BCUT2D eigenvalue weighted by atomic mass is 9.87. The van der Waals surface area contributed by atoms with Crippen LogP contribution in [-0.2, 0) is 4.79 Å². The van der Waals surface area contributed by atoms with E-state index < -0.39 is 0 Å². The Morgan fingerprint density at radius 1 is 1.15 bits per heavy atom. The standard InChI is InChI=1S/C20H29N3O3/c1-15-7-9-16(10-8-15)21-20(25)22-17-5-4-6-18(13-17)26-14-19(24)23-11-2-3-12-23/h4-6,13,15-16H,2-3,7-12,14H2,1H3,(H2,21,22,25). The van der Waals surface area contributed by atoms with Crippen LogP contribution in [0.2, 0.25) is 0 Å². The van der Waals surface area contributed by atoms with Gasteiger partial charge in [-0.25, -0.2) is 4.79 Å². The fraction of sp³-hybridized carbons (Fsp3) is 0.600. The topological polar surface area (TPSA) is 70.7 Å². The van der Waals surface area contributed by atoms with Crippen LogP contribution >= 0.6 is 0 Å². The van der Waals surface area contributed by atoms with Gasteiger partial charge in [0.15, 0.2) is 6.61 Å². The Balaban J connectivity index is 1.45. The first-order valence-corrected chi connectivity index (χ1v) is 9.68. The van der Waals surface area contributed by atoms with E-state index in [4.69, 9.17) is 4.74 Å². The molecule has 2 fully saturated rings. The van der Waals surface area contributed by atoms with Gasteiger partial charge in [0.05, 0.1) is 0 Å². The minimum absolute atomic E-state index is 0.0186. The molecule has 0 spiro atoms. The van der Waals surface area contributed by atoms with Crippen LogP contribution in [0.25, 0.3) is 0 Å². The Bertz CT molecular complexity index is 620. The van der Waals surface area contributed by atoms with Gasteiger partial charge in [0.1, 0.15) is 5.75 Å². The van der Waals surface area contributed by atoms with Gasteiger partial charge in [-0.15, -0.1) is 0 Å². The van der Waals surface area contributed by atoms with Gasteiger partial charge in [0, 0.05) is 30.9 Å². The van der Waals surface area contributed by atoms with E-state index in [-0.39, 0.29) is 24.6 Å². The van der Waals surface area contributed by atoms with E-state index >= 15 is 0 Å². The largest absolute Gasteiger partial charge is 0.484 e. The van der Waals surface area contributed by atoms with Crippen LogP contribution in [0.3, 0.4) is 0 Å². The van der Waals surface area contributed by atoms with E-state index in [0.717, 1.165) is 44.7 Å². The number of ether oxygens (including phenoxy) is 1. The number of benzene rings is 1. The summed E-state index contributed by atoms with van der Waals surface area (Å²) in [7, 11) is 0. The minimum Gasteiger partial charge on any atom is -0.484 e. The Morgan fingerprint density at radius 2 is 1.88 bits per heavy atom. The zero-order valence-corrected chi connectivity index (χ0v) is 15.5. The third kappa shape index (κ3) is 5.38. The summed E-state index contributed by atoms with van der Waals surface area (Å²) in [6, 6.07) is 7.24. The highest BCUT2D eigenvalue weighted by Gasteiger charge is 2.20. The van der Waals surface area contributed by atoms with Gasteiger partial charge in [-0.2, -0.15) is 0 Å². The number of amides is 3. The van der Waals surface area contributed by atoms with Crippen LogP contribution in [0, 0.1) is 5.92 Å². The van der Waals surface area contributed by atoms with E-state index in [2.05, 4.69) is 17.6 Å². The van der Waals surface area contributed by atoms with Crippen LogP contribution in [-0.4, -0.2) is 42.6 Å². The molecular weight excluding hydrogens is 330 g/mol. The van der Waals surface area contributed by atoms with Crippen molar-refractivity contribution in [1.29, 1.82) is 0 Å². The van der Waals surface area contributed by atoms with Gasteiger partial charge in [-0.1, -0.05) is 13.0 Å². The number of nitrogens with zero attached hydrogens (tertiary/aromatic N) is 1. The summed E-state index contributed by atoms with van der Waals surface area (Å²) in [5.74, 6) is 1.36. The molecule has 1 aliphatic heterocycles. The average molecular weight is 359 g/mol. The molecule has 3 rings (SSSR count). The highest BCUT2D eigenvalue weighted by molar-refractivity contribution is 5.89. The number of likely N-dealkylation sites (tertiary alicyclic amines) is 1. The van der Waals surface area contributed by atoms with E-state index in [0.29, 0.717) is 11.4 Å². The molecule has 142 valence electrons. The Labute approximate surface area is 155 Å². The second kappa shape index (κ2) is 8.92. The van der Waals surface area contributed by atoms with Crippen LogP contribution in [0.15, 0.2) is 24.3 Å². The van der Waals surface area contributed by atoms with Crippen molar-refractivity contribution >= 4 is 17.6 Å². The summed E-state index contributed by atoms with van der Waals surface area (Å²) in [5.41, 5.74) is 0.665. The molecule has 0 unspecified atom stereocenters. The number of hydrogen-bond acceptors (Lipinski definition) is 3. The summed E-state index contributed by atoms with van der Waals surface area (Å²) >= 11 is 0. The highest BCUT2D eigenvalue weighted by atomic mass is 16.5. The van der Waals surface area contributed by atoms with E-state index in [1.54, 1.807) is 12.1 Å². The number of anilines is 1. The lowest BCUT2D eigenvalue weighted by Crippen LogP contribution is -2.39. The van der Waals surface area contributed by atoms with Crippen molar-refractivity contribution in [2.45, 2.75) is 51.5 Å². The Morgan fingerprint density at radius 3 is 2.62 bits per heavy atom. The molecule has 0 aromatic heterocycles. The molecule has 2 N–H and O–H groups in total. The van der Waals surface area contributed by atoms with E-state index in [1.807, 2.05) is 17.0 Å². The van der Waals surface area contributed by atoms with Gasteiger partial charge >= 0.3 is 6.03 Å².